The highest BCUT2D eigenvalue weighted by Crippen LogP contribution is 2.65. The van der Waals surface area contributed by atoms with Gasteiger partial charge in [0.25, 0.3) is 0 Å². The SMILES string of the molecule is c1ccc2c(c1)Sc1ccc(N(c3ccc4c(c3)C3(c5ccccc5S4)c4ccccc4-c4ccccc43)c3cccc4sc5cc(-c6cccc7ccccc67)ccc5c34)cc1C21c2ccccc2-c2ccccc21. The van der Waals surface area contributed by atoms with E-state index in [0.29, 0.717) is 0 Å². The third-order valence-electron chi connectivity index (χ3n) is 17.0. The van der Waals surface area contributed by atoms with Gasteiger partial charge in [0.2, 0.25) is 0 Å². The van der Waals surface area contributed by atoms with Crippen LogP contribution in [0.5, 0.6) is 0 Å². The molecular weight excluding hydrogens is 975 g/mol. The number of hydrogen-bond acceptors (Lipinski definition) is 4. The number of thiophene rings is 1. The van der Waals surface area contributed by atoms with Crippen LogP contribution in [0.3, 0.4) is 0 Å². The minimum atomic E-state index is -0.525. The zero-order chi connectivity index (χ0) is 49.7. The van der Waals surface area contributed by atoms with Gasteiger partial charge in [-0.25, -0.2) is 0 Å². The fourth-order valence-corrected chi connectivity index (χ4v) is 17.5. The first kappa shape index (κ1) is 42.9. The molecule has 0 radical (unpaired) electrons. The first-order chi connectivity index (χ1) is 37.7. The highest BCUT2D eigenvalue weighted by atomic mass is 32.2. The van der Waals surface area contributed by atoms with Gasteiger partial charge < -0.3 is 4.90 Å². The van der Waals surface area contributed by atoms with Crippen LogP contribution < -0.4 is 4.90 Å². The van der Waals surface area contributed by atoms with Crippen molar-refractivity contribution < 1.29 is 0 Å². The topological polar surface area (TPSA) is 3.24 Å². The minimum absolute atomic E-state index is 0.525. The maximum Gasteiger partial charge on any atom is 0.0736 e. The summed E-state index contributed by atoms with van der Waals surface area (Å²) >= 11 is 5.70. The second kappa shape index (κ2) is 16.1. The summed E-state index contributed by atoms with van der Waals surface area (Å²) in [6.07, 6.45) is 0. The molecule has 0 N–H and O–H groups in total. The van der Waals surface area contributed by atoms with Crippen LogP contribution in [0.25, 0.3) is 64.3 Å². The molecule has 354 valence electrons. The summed E-state index contributed by atoms with van der Waals surface area (Å²) in [5.74, 6) is 0. The molecule has 13 aromatic rings. The van der Waals surface area contributed by atoms with E-state index in [0.717, 1.165) is 17.1 Å². The molecule has 2 spiro atoms. The average molecular weight is 1020 g/mol. The van der Waals surface area contributed by atoms with Crippen LogP contribution in [0.4, 0.5) is 17.1 Å². The largest absolute Gasteiger partial charge is 0.310 e. The van der Waals surface area contributed by atoms with Crippen molar-refractivity contribution >= 4 is 82.9 Å². The lowest BCUT2D eigenvalue weighted by atomic mass is 9.67. The van der Waals surface area contributed by atoms with E-state index in [1.807, 2.05) is 34.9 Å². The molecule has 76 heavy (non-hydrogen) atoms. The minimum Gasteiger partial charge on any atom is -0.310 e. The van der Waals surface area contributed by atoms with Crippen molar-refractivity contribution in [1.29, 1.82) is 0 Å². The fraction of sp³-hybridized carbons (Fsp3) is 0.0278. The molecule has 1 nitrogen and oxygen atoms in total. The Morgan fingerprint density at radius 1 is 0.289 bits per heavy atom. The van der Waals surface area contributed by atoms with Crippen LogP contribution in [0.2, 0.25) is 0 Å². The van der Waals surface area contributed by atoms with Crippen molar-refractivity contribution in [3.05, 3.63) is 305 Å². The maximum absolute atomic E-state index is 2.60. The fourth-order valence-electron chi connectivity index (χ4n) is 14.0. The second-order valence-electron chi connectivity index (χ2n) is 20.6. The number of hydrogen-bond donors (Lipinski definition) is 0. The number of rotatable bonds is 4. The van der Waals surface area contributed by atoms with Crippen LogP contribution in [-0.2, 0) is 10.8 Å². The Labute approximate surface area is 453 Å². The maximum atomic E-state index is 2.60. The van der Waals surface area contributed by atoms with Crippen molar-refractivity contribution in [2.75, 3.05) is 4.90 Å². The van der Waals surface area contributed by atoms with Gasteiger partial charge in [0.15, 0.2) is 0 Å². The van der Waals surface area contributed by atoms with Gasteiger partial charge >= 0.3 is 0 Å². The van der Waals surface area contributed by atoms with E-state index in [-0.39, 0.29) is 0 Å². The molecule has 12 aromatic carbocycles. The Morgan fingerprint density at radius 2 is 0.737 bits per heavy atom. The highest BCUT2D eigenvalue weighted by Gasteiger charge is 2.52. The lowest BCUT2D eigenvalue weighted by molar-refractivity contribution is 0.721. The van der Waals surface area contributed by atoms with Crippen LogP contribution in [-0.4, -0.2) is 0 Å². The standard InChI is InChI=1S/C72H43NS3/c1-2-19-48-44(17-1)18-15-24-49(48)45-35-38-54-69(41-45)76-68-34-16-31-63(70(54)68)73(46-36-39-66-61(42-46)71(59-29-11-13-32-64(59)74-66)55-25-7-3-20-50(55)51-21-4-8-26-56(51)71)47-37-40-67-62(43-47)72(60-30-12-14-33-65(60)75-67)57-27-9-5-22-52(57)53-23-6-10-28-58(53)72/h1-43H. The molecule has 0 bridgehead atoms. The molecule has 1 aromatic heterocycles. The van der Waals surface area contributed by atoms with Crippen LogP contribution in [0, 0.1) is 0 Å². The summed E-state index contributed by atoms with van der Waals surface area (Å²) in [5.41, 5.74) is 20.8. The molecule has 0 amide bonds. The third kappa shape index (κ3) is 5.68. The zero-order valence-electron chi connectivity index (χ0n) is 41.0. The Hall–Kier alpha value is -8.38. The van der Waals surface area contributed by atoms with E-state index in [1.54, 1.807) is 0 Å². The number of anilines is 3. The molecule has 0 saturated carbocycles. The molecule has 0 atom stereocenters. The second-order valence-corrected chi connectivity index (χ2v) is 23.8. The predicted molar refractivity (Wildman–Crippen MR) is 320 cm³/mol. The Morgan fingerprint density at radius 3 is 1.30 bits per heavy atom. The molecule has 0 fully saturated rings. The van der Waals surface area contributed by atoms with E-state index in [2.05, 4.69) is 266 Å². The van der Waals surface area contributed by atoms with Gasteiger partial charge in [-0.15, -0.1) is 11.3 Å². The molecule has 0 unspecified atom stereocenters. The summed E-state index contributed by atoms with van der Waals surface area (Å²) in [6, 6.07) is 99.2. The summed E-state index contributed by atoms with van der Waals surface area (Å²) in [5, 5.41) is 5.05. The van der Waals surface area contributed by atoms with Gasteiger partial charge in [-0.3, -0.25) is 0 Å². The van der Waals surface area contributed by atoms with Gasteiger partial charge in [-0.2, -0.15) is 0 Å². The van der Waals surface area contributed by atoms with Crippen molar-refractivity contribution in [3.63, 3.8) is 0 Å². The zero-order valence-corrected chi connectivity index (χ0v) is 43.4. The van der Waals surface area contributed by atoms with Crippen molar-refractivity contribution in [1.82, 2.24) is 0 Å². The number of benzene rings is 12. The lowest BCUT2D eigenvalue weighted by Crippen LogP contribution is -2.32. The summed E-state index contributed by atoms with van der Waals surface area (Å²) in [6.45, 7) is 0. The Balaban J connectivity index is 0.950. The molecule has 17 rings (SSSR count). The molecule has 2 aliphatic carbocycles. The Bertz CT molecular complexity index is 4340. The van der Waals surface area contributed by atoms with E-state index in [4.69, 9.17) is 0 Å². The molecule has 2 aliphatic heterocycles. The van der Waals surface area contributed by atoms with E-state index in [9.17, 15) is 0 Å². The normalized spacial score (nSPS) is 14.4. The van der Waals surface area contributed by atoms with Crippen LogP contribution in [0.1, 0.15) is 44.5 Å². The lowest BCUT2D eigenvalue weighted by Gasteiger charge is -2.41. The Kier molecular flexibility index (Phi) is 9.07. The molecule has 4 heteroatoms. The number of fused-ring (bicyclic) bond motifs is 22. The van der Waals surface area contributed by atoms with Gasteiger partial charge in [0, 0.05) is 51.1 Å². The molecule has 0 saturated heterocycles. The smallest absolute Gasteiger partial charge is 0.0736 e. The molecule has 4 aliphatic rings. The van der Waals surface area contributed by atoms with Gasteiger partial charge in [-0.1, -0.05) is 218 Å². The van der Waals surface area contributed by atoms with Gasteiger partial charge in [0.1, 0.15) is 0 Å². The summed E-state index contributed by atoms with van der Waals surface area (Å²) in [4.78, 5) is 7.78. The third-order valence-corrected chi connectivity index (χ3v) is 20.4. The van der Waals surface area contributed by atoms with Crippen molar-refractivity contribution in [3.8, 4) is 33.4 Å². The van der Waals surface area contributed by atoms with E-state index in [1.165, 1.54) is 128 Å². The van der Waals surface area contributed by atoms with Crippen molar-refractivity contribution in [2.45, 2.75) is 30.4 Å². The first-order valence-corrected chi connectivity index (χ1v) is 28.6. The van der Waals surface area contributed by atoms with Crippen LogP contribution >= 0.6 is 34.9 Å². The van der Waals surface area contributed by atoms with Gasteiger partial charge in [-0.05, 0) is 155 Å². The van der Waals surface area contributed by atoms with E-state index >= 15 is 0 Å². The first-order valence-electron chi connectivity index (χ1n) is 26.1. The molecule has 3 heterocycles. The number of nitrogens with zero attached hydrogens (tertiary/aromatic N) is 1. The summed E-state index contributed by atoms with van der Waals surface area (Å²) < 4.78 is 2.55. The summed E-state index contributed by atoms with van der Waals surface area (Å²) in [7, 11) is 0. The predicted octanol–water partition coefficient (Wildman–Crippen LogP) is 20.0. The van der Waals surface area contributed by atoms with Gasteiger partial charge in [0.05, 0.1) is 16.5 Å². The van der Waals surface area contributed by atoms with Crippen molar-refractivity contribution in [2.24, 2.45) is 0 Å². The monoisotopic (exact) mass is 1020 g/mol. The van der Waals surface area contributed by atoms with E-state index < -0.39 is 10.8 Å². The average Bonchev–Trinajstić information content (AvgIpc) is 4.27. The molecular formula is C72H43NS3. The quantitative estimate of drug-likeness (QED) is 0.173. The highest BCUT2D eigenvalue weighted by molar-refractivity contribution is 7.99. The van der Waals surface area contributed by atoms with Crippen LogP contribution in [0.15, 0.2) is 280 Å².